The van der Waals surface area contributed by atoms with Gasteiger partial charge in [-0.2, -0.15) is 0 Å². The van der Waals surface area contributed by atoms with Crippen molar-refractivity contribution in [2.24, 2.45) is 0 Å². The summed E-state index contributed by atoms with van der Waals surface area (Å²) in [5, 5.41) is 0. The smallest absolute Gasteiger partial charge is 0.166 e. The van der Waals surface area contributed by atoms with Gasteiger partial charge in [0.2, 0.25) is 0 Å². The molecular formula is C7H8O2. The van der Waals surface area contributed by atoms with Gasteiger partial charge in [0.05, 0.1) is 6.42 Å². The Labute approximate surface area is 53.6 Å². The van der Waals surface area contributed by atoms with Gasteiger partial charge in [-0.1, -0.05) is 6.08 Å². The van der Waals surface area contributed by atoms with Gasteiger partial charge in [0, 0.05) is 6.42 Å². The fourth-order valence-corrected chi connectivity index (χ4v) is 0.929. The van der Waals surface area contributed by atoms with E-state index in [2.05, 4.69) is 0 Å². The van der Waals surface area contributed by atoms with Gasteiger partial charge in [0.15, 0.2) is 5.78 Å². The molecule has 48 valence electrons. The number of Topliss-reactive ketones (excluding diaryl/α,β-unsaturated/α-hetero) is 2. The molecule has 1 aliphatic carbocycles. The maximum absolute atomic E-state index is 10.7. The van der Waals surface area contributed by atoms with Crippen molar-refractivity contribution < 1.29 is 9.59 Å². The minimum absolute atomic E-state index is 0.00231. The maximum Gasteiger partial charge on any atom is 0.166 e. The van der Waals surface area contributed by atoms with E-state index in [0.29, 0.717) is 12.0 Å². The third kappa shape index (κ3) is 1.07. The summed E-state index contributed by atoms with van der Waals surface area (Å²) in [7, 11) is 0. The van der Waals surface area contributed by atoms with E-state index in [-0.39, 0.29) is 18.0 Å². The van der Waals surface area contributed by atoms with Crippen molar-refractivity contribution in [2.75, 3.05) is 0 Å². The van der Waals surface area contributed by atoms with Crippen LogP contribution in [0.3, 0.4) is 0 Å². The number of carbonyl (C=O) groups excluding carboxylic acids is 2. The molecule has 0 aromatic heterocycles. The van der Waals surface area contributed by atoms with Gasteiger partial charge in [0.1, 0.15) is 5.78 Å². The number of allylic oxidation sites excluding steroid dienone is 2. The molecule has 2 nitrogen and oxygen atoms in total. The minimum Gasteiger partial charge on any atom is -0.299 e. The van der Waals surface area contributed by atoms with Crippen LogP contribution in [-0.4, -0.2) is 11.6 Å². The van der Waals surface area contributed by atoms with E-state index in [0.717, 1.165) is 0 Å². The Bertz CT molecular complexity index is 189. The second kappa shape index (κ2) is 2.13. The van der Waals surface area contributed by atoms with Crippen LogP contribution in [0.25, 0.3) is 0 Å². The highest BCUT2D eigenvalue weighted by molar-refractivity contribution is 6.16. The highest BCUT2D eigenvalue weighted by Crippen LogP contribution is 2.16. The van der Waals surface area contributed by atoms with Crippen LogP contribution in [0.2, 0.25) is 0 Å². The summed E-state index contributed by atoms with van der Waals surface area (Å²) in [6.07, 6.45) is 2.20. The largest absolute Gasteiger partial charge is 0.299 e. The number of carbonyl (C=O) groups is 2. The molecule has 1 saturated carbocycles. The van der Waals surface area contributed by atoms with E-state index in [9.17, 15) is 9.59 Å². The molecule has 0 bridgehead atoms. The van der Waals surface area contributed by atoms with Gasteiger partial charge in [-0.25, -0.2) is 0 Å². The van der Waals surface area contributed by atoms with Gasteiger partial charge in [-0.15, -0.1) is 0 Å². The molecule has 0 aromatic carbocycles. The molecule has 0 spiro atoms. The first kappa shape index (κ1) is 6.20. The van der Waals surface area contributed by atoms with Crippen LogP contribution in [-0.2, 0) is 9.59 Å². The van der Waals surface area contributed by atoms with Crippen LogP contribution in [0, 0.1) is 0 Å². The van der Waals surface area contributed by atoms with Crippen LogP contribution in [0.4, 0.5) is 0 Å². The van der Waals surface area contributed by atoms with E-state index in [4.69, 9.17) is 0 Å². The van der Waals surface area contributed by atoms with E-state index in [1.165, 1.54) is 0 Å². The molecule has 0 aliphatic heterocycles. The molecule has 9 heavy (non-hydrogen) atoms. The predicted octanol–water partition coefficient (Wildman–Crippen LogP) is 0.865. The van der Waals surface area contributed by atoms with Crippen molar-refractivity contribution >= 4 is 11.6 Å². The maximum atomic E-state index is 10.7. The summed E-state index contributed by atoms with van der Waals surface area (Å²) < 4.78 is 0. The quantitative estimate of drug-likeness (QED) is 0.354. The van der Waals surface area contributed by atoms with Crippen molar-refractivity contribution in [3.63, 3.8) is 0 Å². The molecule has 1 fully saturated rings. The lowest BCUT2D eigenvalue weighted by Gasteiger charge is -1.84. The first-order valence-corrected chi connectivity index (χ1v) is 2.94. The van der Waals surface area contributed by atoms with Gasteiger partial charge < -0.3 is 0 Å². The van der Waals surface area contributed by atoms with E-state index >= 15 is 0 Å². The molecule has 1 rings (SSSR count). The SMILES string of the molecule is C/C=C1\CC(=O)CC1=O. The topological polar surface area (TPSA) is 34.1 Å². The van der Waals surface area contributed by atoms with E-state index < -0.39 is 0 Å². The summed E-state index contributed by atoms with van der Waals surface area (Å²) in [6, 6.07) is 0. The average molecular weight is 124 g/mol. The predicted molar refractivity (Wildman–Crippen MR) is 33.0 cm³/mol. The lowest BCUT2D eigenvalue weighted by Crippen LogP contribution is -1.90. The molecule has 0 heterocycles. The Morgan fingerprint density at radius 3 is 2.22 bits per heavy atom. The number of hydrogen-bond donors (Lipinski definition) is 0. The molecular weight excluding hydrogens is 116 g/mol. The summed E-state index contributed by atoms with van der Waals surface area (Å²) in [5.74, 6) is 0.0515. The molecule has 0 saturated heterocycles. The molecule has 2 heteroatoms. The Morgan fingerprint density at radius 2 is 2.00 bits per heavy atom. The van der Waals surface area contributed by atoms with Crippen LogP contribution in [0.5, 0.6) is 0 Å². The molecule has 0 amide bonds. The van der Waals surface area contributed by atoms with Crippen molar-refractivity contribution in [3.8, 4) is 0 Å². The Balaban J connectivity index is 2.81. The summed E-state index contributed by atoms with van der Waals surface area (Å²) in [4.78, 5) is 21.3. The zero-order valence-corrected chi connectivity index (χ0v) is 5.31. The second-order valence-corrected chi connectivity index (χ2v) is 2.13. The first-order valence-electron chi connectivity index (χ1n) is 2.94. The first-order chi connectivity index (χ1) is 4.24. The number of rotatable bonds is 0. The molecule has 0 N–H and O–H groups in total. The molecule has 0 unspecified atom stereocenters. The molecule has 0 atom stereocenters. The monoisotopic (exact) mass is 124 g/mol. The van der Waals surface area contributed by atoms with Crippen molar-refractivity contribution in [2.45, 2.75) is 19.8 Å². The summed E-state index contributed by atoms with van der Waals surface area (Å²) in [5.41, 5.74) is 0.681. The average Bonchev–Trinajstić information content (AvgIpc) is 2.10. The van der Waals surface area contributed by atoms with Crippen LogP contribution < -0.4 is 0 Å². The second-order valence-electron chi connectivity index (χ2n) is 2.13. The fourth-order valence-electron chi connectivity index (χ4n) is 0.929. The fraction of sp³-hybridized carbons (Fsp3) is 0.429. The Kier molecular flexibility index (Phi) is 1.47. The van der Waals surface area contributed by atoms with Gasteiger partial charge in [-0.05, 0) is 12.5 Å². The lowest BCUT2D eigenvalue weighted by molar-refractivity contribution is -0.121. The Morgan fingerprint density at radius 1 is 1.33 bits per heavy atom. The third-order valence-electron chi connectivity index (χ3n) is 1.45. The van der Waals surface area contributed by atoms with Gasteiger partial charge >= 0.3 is 0 Å². The van der Waals surface area contributed by atoms with Crippen molar-refractivity contribution in [1.29, 1.82) is 0 Å². The highest BCUT2D eigenvalue weighted by Gasteiger charge is 2.23. The number of hydrogen-bond acceptors (Lipinski definition) is 2. The Hall–Kier alpha value is -0.920. The summed E-state index contributed by atoms with van der Waals surface area (Å²) >= 11 is 0. The zero-order valence-electron chi connectivity index (χ0n) is 5.31. The van der Waals surface area contributed by atoms with Gasteiger partial charge in [-0.3, -0.25) is 9.59 Å². The van der Waals surface area contributed by atoms with E-state index in [1.54, 1.807) is 13.0 Å². The highest BCUT2D eigenvalue weighted by atomic mass is 16.2. The zero-order chi connectivity index (χ0) is 6.85. The molecule has 0 radical (unpaired) electrons. The van der Waals surface area contributed by atoms with Crippen LogP contribution >= 0.6 is 0 Å². The van der Waals surface area contributed by atoms with Gasteiger partial charge in [0.25, 0.3) is 0 Å². The molecule has 1 aliphatic rings. The standard InChI is InChI=1S/C7H8O2/c1-2-5-3-6(8)4-7(5)9/h2H,3-4H2,1H3/b5-2+. The van der Waals surface area contributed by atoms with Crippen molar-refractivity contribution in [1.82, 2.24) is 0 Å². The molecule has 0 aromatic rings. The number of ketones is 2. The van der Waals surface area contributed by atoms with Crippen LogP contribution in [0.15, 0.2) is 11.6 Å². The van der Waals surface area contributed by atoms with E-state index in [1.807, 2.05) is 0 Å². The van der Waals surface area contributed by atoms with Crippen LogP contribution in [0.1, 0.15) is 19.8 Å². The normalized spacial score (nSPS) is 23.9. The minimum atomic E-state index is 0.00231. The summed E-state index contributed by atoms with van der Waals surface area (Å²) in [6.45, 7) is 1.78. The third-order valence-corrected chi connectivity index (χ3v) is 1.45. The van der Waals surface area contributed by atoms with Crippen molar-refractivity contribution in [3.05, 3.63) is 11.6 Å². The lowest BCUT2D eigenvalue weighted by atomic mass is 10.2.